The van der Waals surface area contributed by atoms with E-state index in [4.69, 9.17) is 0 Å². The molecular formula is C20H26N4O. The molecule has 1 aliphatic rings. The van der Waals surface area contributed by atoms with Crippen LogP contribution >= 0.6 is 0 Å². The molecule has 0 N–H and O–H groups in total. The second-order valence-electron chi connectivity index (χ2n) is 6.87. The average Bonchev–Trinajstić information content (AvgIpc) is 3.13. The SMILES string of the molecule is Cc1nc(C(=O)N2CCCC2)cc(N(Cc2ccccc2)C(C)C)n1. The van der Waals surface area contributed by atoms with Crippen LogP contribution in [0.15, 0.2) is 36.4 Å². The van der Waals surface area contributed by atoms with Crippen LogP contribution in [0.25, 0.3) is 0 Å². The predicted molar refractivity (Wildman–Crippen MR) is 99.7 cm³/mol. The smallest absolute Gasteiger partial charge is 0.272 e. The number of rotatable bonds is 5. The first-order chi connectivity index (χ1) is 12.0. The topological polar surface area (TPSA) is 49.3 Å². The monoisotopic (exact) mass is 338 g/mol. The lowest BCUT2D eigenvalue weighted by atomic mass is 10.2. The summed E-state index contributed by atoms with van der Waals surface area (Å²) >= 11 is 0. The number of hydrogen-bond acceptors (Lipinski definition) is 4. The van der Waals surface area contributed by atoms with Gasteiger partial charge < -0.3 is 9.80 Å². The molecule has 1 saturated heterocycles. The van der Waals surface area contributed by atoms with E-state index < -0.39 is 0 Å². The third-order valence-corrected chi connectivity index (χ3v) is 4.55. The predicted octanol–water partition coefficient (Wildman–Crippen LogP) is 3.44. The van der Waals surface area contributed by atoms with E-state index in [-0.39, 0.29) is 11.9 Å². The minimum Gasteiger partial charge on any atom is -0.350 e. The van der Waals surface area contributed by atoms with Gasteiger partial charge in [-0.2, -0.15) is 0 Å². The second kappa shape index (κ2) is 7.64. The summed E-state index contributed by atoms with van der Waals surface area (Å²) in [6.45, 7) is 8.55. The quantitative estimate of drug-likeness (QED) is 0.838. The Kier molecular flexibility index (Phi) is 5.31. The van der Waals surface area contributed by atoms with E-state index >= 15 is 0 Å². The molecule has 5 heteroatoms. The number of likely N-dealkylation sites (tertiary alicyclic amines) is 1. The van der Waals surface area contributed by atoms with Gasteiger partial charge in [0.15, 0.2) is 0 Å². The van der Waals surface area contributed by atoms with Gasteiger partial charge in [-0.15, -0.1) is 0 Å². The molecule has 2 heterocycles. The molecule has 0 spiro atoms. The van der Waals surface area contributed by atoms with Gasteiger partial charge >= 0.3 is 0 Å². The van der Waals surface area contributed by atoms with E-state index in [1.165, 1.54) is 5.56 Å². The molecule has 1 aromatic heterocycles. The van der Waals surface area contributed by atoms with Gasteiger partial charge in [0.1, 0.15) is 17.3 Å². The standard InChI is InChI=1S/C20H26N4O/c1-15(2)24(14-17-9-5-4-6-10-17)19-13-18(21-16(3)22-19)20(25)23-11-7-8-12-23/h4-6,9-10,13,15H,7-8,11-12,14H2,1-3H3. The second-order valence-corrected chi connectivity index (χ2v) is 6.87. The van der Waals surface area contributed by atoms with Crippen molar-refractivity contribution in [2.24, 2.45) is 0 Å². The number of hydrogen-bond donors (Lipinski definition) is 0. The van der Waals surface area contributed by atoms with E-state index in [9.17, 15) is 4.79 Å². The van der Waals surface area contributed by atoms with Crippen LogP contribution in [0.4, 0.5) is 5.82 Å². The lowest BCUT2D eigenvalue weighted by molar-refractivity contribution is 0.0786. The van der Waals surface area contributed by atoms with Crippen molar-refractivity contribution in [3.8, 4) is 0 Å². The molecule has 0 unspecified atom stereocenters. The molecule has 25 heavy (non-hydrogen) atoms. The van der Waals surface area contributed by atoms with Crippen molar-refractivity contribution in [2.75, 3.05) is 18.0 Å². The number of carbonyl (C=O) groups is 1. The highest BCUT2D eigenvalue weighted by Crippen LogP contribution is 2.21. The molecule has 0 atom stereocenters. The van der Waals surface area contributed by atoms with Crippen LogP contribution in [0, 0.1) is 6.92 Å². The van der Waals surface area contributed by atoms with Crippen LogP contribution in [-0.4, -0.2) is 39.9 Å². The molecule has 1 aromatic carbocycles. The Morgan fingerprint density at radius 3 is 2.48 bits per heavy atom. The minimum atomic E-state index is 0.0210. The van der Waals surface area contributed by atoms with E-state index in [0.29, 0.717) is 11.5 Å². The summed E-state index contributed by atoms with van der Waals surface area (Å²) in [6, 6.07) is 12.4. The van der Waals surface area contributed by atoms with Crippen molar-refractivity contribution in [3.63, 3.8) is 0 Å². The van der Waals surface area contributed by atoms with Gasteiger partial charge in [0.2, 0.25) is 0 Å². The van der Waals surface area contributed by atoms with Crippen LogP contribution in [0.2, 0.25) is 0 Å². The number of amides is 1. The van der Waals surface area contributed by atoms with Crippen molar-refractivity contribution in [1.29, 1.82) is 0 Å². The Hall–Kier alpha value is -2.43. The summed E-state index contributed by atoms with van der Waals surface area (Å²) in [5.41, 5.74) is 1.72. The highest BCUT2D eigenvalue weighted by atomic mass is 16.2. The third kappa shape index (κ3) is 4.16. The molecule has 0 radical (unpaired) electrons. The Morgan fingerprint density at radius 1 is 1.16 bits per heavy atom. The lowest BCUT2D eigenvalue weighted by Crippen LogP contribution is -2.33. The molecule has 132 valence electrons. The first-order valence-electron chi connectivity index (χ1n) is 9.00. The maximum atomic E-state index is 12.7. The van der Waals surface area contributed by atoms with Crippen LogP contribution in [0.1, 0.15) is 48.6 Å². The van der Waals surface area contributed by atoms with Gasteiger partial charge in [0.25, 0.3) is 5.91 Å². The fourth-order valence-corrected chi connectivity index (χ4v) is 3.20. The normalized spacial score (nSPS) is 14.2. The van der Waals surface area contributed by atoms with Crippen molar-refractivity contribution in [1.82, 2.24) is 14.9 Å². The fraction of sp³-hybridized carbons (Fsp3) is 0.450. The van der Waals surface area contributed by atoms with Gasteiger partial charge in [0, 0.05) is 31.7 Å². The van der Waals surface area contributed by atoms with E-state index in [0.717, 1.165) is 38.3 Å². The fourth-order valence-electron chi connectivity index (χ4n) is 3.20. The maximum absolute atomic E-state index is 12.7. The Labute approximate surface area is 149 Å². The van der Waals surface area contributed by atoms with Crippen molar-refractivity contribution in [2.45, 2.75) is 46.2 Å². The maximum Gasteiger partial charge on any atom is 0.272 e. The van der Waals surface area contributed by atoms with Gasteiger partial charge in [0.05, 0.1) is 0 Å². The number of carbonyl (C=O) groups excluding carboxylic acids is 1. The Morgan fingerprint density at radius 2 is 1.84 bits per heavy atom. The molecule has 3 rings (SSSR count). The molecular weight excluding hydrogens is 312 g/mol. The number of benzene rings is 1. The molecule has 1 fully saturated rings. The third-order valence-electron chi connectivity index (χ3n) is 4.55. The zero-order chi connectivity index (χ0) is 17.8. The summed E-state index contributed by atoms with van der Waals surface area (Å²) < 4.78 is 0. The van der Waals surface area contributed by atoms with E-state index in [1.807, 2.05) is 36.1 Å². The van der Waals surface area contributed by atoms with Gasteiger partial charge in [-0.05, 0) is 39.2 Å². The van der Waals surface area contributed by atoms with Crippen LogP contribution in [0.5, 0.6) is 0 Å². The number of aryl methyl sites for hydroxylation is 1. The Balaban J connectivity index is 1.89. The summed E-state index contributed by atoms with van der Waals surface area (Å²) in [5.74, 6) is 1.47. The molecule has 1 amide bonds. The van der Waals surface area contributed by atoms with E-state index in [1.54, 1.807) is 0 Å². The van der Waals surface area contributed by atoms with Crippen molar-refractivity contribution >= 4 is 11.7 Å². The lowest BCUT2D eigenvalue weighted by Gasteiger charge is -2.28. The zero-order valence-corrected chi connectivity index (χ0v) is 15.3. The van der Waals surface area contributed by atoms with Crippen LogP contribution in [0.3, 0.4) is 0 Å². The molecule has 0 aliphatic carbocycles. The summed E-state index contributed by atoms with van der Waals surface area (Å²) in [6.07, 6.45) is 2.16. The summed E-state index contributed by atoms with van der Waals surface area (Å²) in [5, 5.41) is 0. The molecule has 0 saturated carbocycles. The molecule has 0 bridgehead atoms. The van der Waals surface area contributed by atoms with Gasteiger partial charge in [-0.1, -0.05) is 30.3 Å². The number of anilines is 1. The molecule has 1 aliphatic heterocycles. The number of nitrogens with zero attached hydrogens (tertiary/aromatic N) is 4. The molecule has 5 nitrogen and oxygen atoms in total. The average molecular weight is 338 g/mol. The Bertz CT molecular complexity index is 724. The first kappa shape index (κ1) is 17.4. The summed E-state index contributed by atoms with van der Waals surface area (Å²) in [7, 11) is 0. The van der Waals surface area contributed by atoms with Crippen LogP contribution < -0.4 is 4.90 Å². The van der Waals surface area contributed by atoms with Crippen LogP contribution in [-0.2, 0) is 6.54 Å². The summed E-state index contributed by atoms with van der Waals surface area (Å²) in [4.78, 5) is 25.8. The molecule has 2 aromatic rings. The minimum absolute atomic E-state index is 0.0210. The van der Waals surface area contributed by atoms with Crippen molar-refractivity contribution in [3.05, 3.63) is 53.5 Å². The highest BCUT2D eigenvalue weighted by Gasteiger charge is 2.23. The zero-order valence-electron chi connectivity index (χ0n) is 15.3. The van der Waals surface area contributed by atoms with Gasteiger partial charge in [-0.3, -0.25) is 4.79 Å². The highest BCUT2D eigenvalue weighted by molar-refractivity contribution is 5.93. The number of aromatic nitrogens is 2. The van der Waals surface area contributed by atoms with E-state index in [2.05, 4.69) is 40.8 Å². The first-order valence-corrected chi connectivity index (χ1v) is 9.00. The largest absolute Gasteiger partial charge is 0.350 e. The van der Waals surface area contributed by atoms with Crippen molar-refractivity contribution < 1.29 is 4.79 Å². The van der Waals surface area contributed by atoms with Gasteiger partial charge in [-0.25, -0.2) is 9.97 Å².